The third-order valence-electron chi connectivity index (χ3n) is 3.56. The highest BCUT2D eigenvalue weighted by molar-refractivity contribution is 6.31. The highest BCUT2D eigenvalue weighted by atomic mass is 35.5. The number of rotatable bonds is 3. The van der Waals surface area contributed by atoms with Gasteiger partial charge in [0.1, 0.15) is 17.1 Å². The second kappa shape index (κ2) is 6.33. The maximum atomic E-state index is 12.6. The molecule has 3 rings (SSSR count). The molecule has 0 saturated heterocycles. The van der Waals surface area contributed by atoms with Crippen molar-refractivity contribution in [2.24, 2.45) is 0 Å². The first-order valence-electron chi connectivity index (χ1n) is 7.14. The van der Waals surface area contributed by atoms with Gasteiger partial charge < -0.3 is 10.1 Å². The molecule has 0 aliphatic carbocycles. The number of nitrogens with one attached hydrogen (secondary N) is 1. The summed E-state index contributed by atoms with van der Waals surface area (Å²) < 4.78 is 6.54. The largest absolute Gasteiger partial charge is 0.496 e. The number of halogens is 1. The van der Waals surface area contributed by atoms with Crippen LogP contribution in [0.5, 0.6) is 5.75 Å². The lowest BCUT2D eigenvalue weighted by molar-refractivity contribution is 0.102. The van der Waals surface area contributed by atoms with Crippen LogP contribution >= 0.6 is 11.6 Å². The molecule has 2 aromatic heterocycles. The van der Waals surface area contributed by atoms with E-state index in [9.17, 15) is 9.59 Å². The second-order valence-electron chi connectivity index (χ2n) is 5.10. The molecule has 0 radical (unpaired) electrons. The van der Waals surface area contributed by atoms with E-state index in [4.69, 9.17) is 16.3 Å². The Bertz CT molecular complexity index is 998. The van der Waals surface area contributed by atoms with Gasteiger partial charge in [-0.1, -0.05) is 17.7 Å². The van der Waals surface area contributed by atoms with Crippen LogP contribution in [0.25, 0.3) is 5.65 Å². The number of aryl methyl sites for hydroxylation is 1. The molecule has 1 amide bonds. The van der Waals surface area contributed by atoms with Gasteiger partial charge in [-0.25, -0.2) is 4.98 Å². The predicted octanol–water partition coefficient (Wildman–Crippen LogP) is 2.92. The summed E-state index contributed by atoms with van der Waals surface area (Å²) in [5.41, 5.74) is 0.944. The standard InChI is InChI=1S/C17H14ClN3O3/c1-10-15(17(23)21-8-4-3-5-14(21)19-10)20-16(22)12-9-11(18)6-7-13(12)24-2/h3-9H,1-2H3,(H,20,22). The molecule has 1 N–H and O–H groups in total. The molecule has 0 spiro atoms. The molecule has 3 aromatic rings. The Labute approximate surface area is 142 Å². The average molecular weight is 344 g/mol. The first-order chi connectivity index (χ1) is 11.5. The number of ether oxygens (including phenoxy) is 1. The number of benzene rings is 1. The van der Waals surface area contributed by atoms with Crippen molar-refractivity contribution in [2.45, 2.75) is 6.92 Å². The van der Waals surface area contributed by atoms with E-state index in [0.717, 1.165) is 0 Å². The van der Waals surface area contributed by atoms with Crippen molar-refractivity contribution in [3.63, 3.8) is 0 Å². The van der Waals surface area contributed by atoms with Gasteiger partial charge in [-0.15, -0.1) is 0 Å². The molecule has 1 aromatic carbocycles. The molecule has 0 fully saturated rings. The smallest absolute Gasteiger partial charge is 0.281 e. The molecule has 0 aliphatic heterocycles. The zero-order valence-electron chi connectivity index (χ0n) is 13.0. The van der Waals surface area contributed by atoms with Crippen LogP contribution in [-0.4, -0.2) is 22.4 Å². The summed E-state index contributed by atoms with van der Waals surface area (Å²) >= 11 is 5.95. The lowest BCUT2D eigenvalue weighted by Gasteiger charge is -2.11. The Morgan fingerprint density at radius 3 is 2.83 bits per heavy atom. The molecule has 0 unspecified atom stereocenters. The van der Waals surface area contributed by atoms with Crippen molar-refractivity contribution >= 4 is 28.8 Å². The lowest BCUT2D eigenvalue weighted by Crippen LogP contribution is -2.25. The molecule has 6 nitrogen and oxygen atoms in total. The summed E-state index contributed by atoms with van der Waals surface area (Å²) in [4.78, 5) is 29.5. The Balaban J connectivity index is 2.06. The molecular weight excluding hydrogens is 330 g/mol. The molecule has 0 bridgehead atoms. The van der Waals surface area contributed by atoms with Gasteiger partial charge in [0.05, 0.1) is 18.4 Å². The minimum absolute atomic E-state index is 0.116. The van der Waals surface area contributed by atoms with Crippen molar-refractivity contribution in [2.75, 3.05) is 12.4 Å². The summed E-state index contributed by atoms with van der Waals surface area (Å²) in [6.45, 7) is 1.67. The maximum absolute atomic E-state index is 12.6. The molecule has 24 heavy (non-hydrogen) atoms. The Kier molecular flexibility index (Phi) is 4.22. The van der Waals surface area contributed by atoms with E-state index in [1.165, 1.54) is 17.6 Å². The van der Waals surface area contributed by atoms with Crippen LogP contribution in [0.15, 0.2) is 47.4 Å². The first-order valence-corrected chi connectivity index (χ1v) is 7.52. The molecular formula is C17H14ClN3O3. The van der Waals surface area contributed by atoms with Crippen molar-refractivity contribution in [3.8, 4) is 5.75 Å². The fourth-order valence-electron chi connectivity index (χ4n) is 2.38. The van der Waals surface area contributed by atoms with E-state index in [0.29, 0.717) is 22.1 Å². The van der Waals surface area contributed by atoms with Crippen LogP contribution in [-0.2, 0) is 0 Å². The normalized spacial score (nSPS) is 10.6. The average Bonchev–Trinajstić information content (AvgIpc) is 2.58. The molecule has 0 saturated carbocycles. The number of amides is 1. The van der Waals surface area contributed by atoms with Crippen LogP contribution in [0.1, 0.15) is 16.1 Å². The van der Waals surface area contributed by atoms with Gasteiger partial charge in [0.2, 0.25) is 0 Å². The number of methoxy groups -OCH3 is 1. The number of pyridine rings is 1. The molecule has 2 heterocycles. The van der Waals surface area contributed by atoms with Crippen LogP contribution in [0, 0.1) is 6.92 Å². The zero-order chi connectivity index (χ0) is 17.3. The highest BCUT2D eigenvalue weighted by Crippen LogP contribution is 2.23. The fraction of sp³-hybridized carbons (Fsp3) is 0.118. The van der Waals surface area contributed by atoms with E-state index in [-0.39, 0.29) is 16.8 Å². The maximum Gasteiger partial charge on any atom is 0.281 e. The number of fused-ring (bicyclic) bond motifs is 1. The van der Waals surface area contributed by atoms with Gasteiger partial charge in [-0.05, 0) is 37.3 Å². The molecule has 0 atom stereocenters. The SMILES string of the molecule is COc1ccc(Cl)cc1C(=O)Nc1c(C)nc2ccccn2c1=O. The van der Waals surface area contributed by atoms with Gasteiger partial charge in [-0.3, -0.25) is 14.0 Å². The first kappa shape index (κ1) is 16.0. The van der Waals surface area contributed by atoms with Crippen molar-refractivity contribution in [3.05, 3.63) is 69.2 Å². The van der Waals surface area contributed by atoms with Crippen LogP contribution in [0.2, 0.25) is 5.02 Å². The van der Waals surface area contributed by atoms with Crippen molar-refractivity contribution in [1.82, 2.24) is 9.38 Å². The summed E-state index contributed by atoms with van der Waals surface area (Å²) in [6.07, 6.45) is 1.60. The van der Waals surface area contributed by atoms with Gasteiger partial charge in [-0.2, -0.15) is 0 Å². The van der Waals surface area contributed by atoms with Crippen LogP contribution < -0.4 is 15.6 Å². The molecule has 0 aliphatic rings. The monoisotopic (exact) mass is 343 g/mol. The highest BCUT2D eigenvalue weighted by Gasteiger charge is 2.17. The van der Waals surface area contributed by atoms with Gasteiger partial charge in [0, 0.05) is 11.2 Å². The van der Waals surface area contributed by atoms with E-state index < -0.39 is 5.91 Å². The minimum Gasteiger partial charge on any atom is -0.496 e. The van der Waals surface area contributed by atoms with Gasteiger partial charge in [0.15, 0.2) is 0 Å². The zero-order valence-corrected chi connectivity index (χ0v) is 13.8. The molecule has 122 valence electrons. The van der Waals surface area contributed by atoms with E-state index in [1.54, 1.807) is 43.5 Å². The quantitative estimate of drug-likeness (QED) is 0.793. The summed E-state index contributed by atoms with van der Waals surface area (Å²) in [5, 5.41) is 3.01. The second-order valence-corrected chi connectivity index (χ2v) is 5.54. The Morgan fingerprint density at radius 2 is 2.08 bits per heavy atom. The predicted molar refractivity (Wildman–Crippen MR) is 92.2 cm³/mol. The topological polar surface area (TPSA) is 72.7 Å². The lowest BCUT2D eigenvalue weighted by atomic mass is 10.2. The third-order valence-corrected chi connectivity index (χ3v) is 3.79. The van der Waals surface area contributed by atoms with Crippen LogP contribution in [0.3, 0.4) is 0 Å². The van der Waals surface area contributed by atoms with Gasteiger partial charge >= 0.3 is 0 Å². The van der Waals surface area contributed by atoms with E-state index in [1.807, 2.05) is 0 Å². The summed E-state index contributed by atoms with van der Waals surface area (Å²) in [7, 11) is 1.46. The summed E-state index contributed by atoms with van der Waals surface area (Å²) in [6, 6.07) is 9.93. The number of hydrogen-bond acceptors (Lipinski definition) is 4. The summed E-state index contributed by atoms with van der Waals surface area (Å²) in [5.74, 6) is -0.129. The number of carbonyl (C=O) groups excluding carboxylic acids is 1. The van der Waals surface area contributed by atoms with Crippen molar-refractivity contribution in [1.29, 1.82) is 0 Å². The minimum atomic E-state index is -0.493. The van der Waals surface area contributed by atoms with Crippen LogP contribution in [0.4, 0.5) is 5.69 Å². The third kappa shape index (κ3) is 2.83. The number of aromatic nitrogens is 2. The fourth-order valence-corrected chi connectivity index (χ4v) is 2.55. The van der Waals surface area contributed by atoms with E-state index >= 15 is 0 Å². The molecule has 7 heteroatoms. The Hall–Kier alpha value is -2.86. The number of nitrogens with zero attached hydrogens (tertiary/aromatic N) is 2. The number of carbonyl (C=O) groups is 1. The van der Waals surface area contributed by atoms with E-state index in [2.05, 4.69) is 10.3 Å². The number of hydrogen-bond donors (Lipinski definition) is 1. The number of anilines is 1. The van der Waals surface area contributed by atoms with Gasteiger partial charge in [0.25, 0.3) is 11.5 Å². The Morgan fingerprint density at radius 1 is 1.29 bits per heavy atom. The van der Waals surface area contributed by atoms with Crippen molar-refractivity contribution < 1.29 is 9.53 Å².